The van der Waals surface area contributed by atoms with E-state index in [-0.39, 0.29) is 11.3 Å². The molecule has 3 heterocycles. The molecule has 0 amide bonds. The number of aromatic nitrogens is 2. The van der Waals surface area contributed by atoms with Crippen molar-refractivity contribution in [2.75, 3.05) is 43.6 Å². The van der Waals surface area contributed by atoms with Crippen molar-refractivity contribution in [3.8, 4) is 17.0 Å². The third-order valence-corrected chi connectivity index (χ3v) is 5.86. The minimum atomic E-state index is -0.651. The Morgan fingerprint density at radius 1 is 1.09 bits per heavy atom. The van der Waals surface area contributed by atoms with Crippen LogP contribution in [0, 0.1) is 0 Å². The van der Waals surface area contributed by atoms with Gasteiger partial charge in [0, 0.05) is 42.0 Å². The number of rotatable bonds is 6. The molecule has 0 radical (unpaired) electrons. The first kappa shape index (κ1) is 22.5. The molecule has 2 aromatic heterocycles. The maximum atomic E-state index is 12.8. The Morgan fingerprint density at radius 3 is 2.57 bits per heavy atom. The van der Waals surface area contributed by atoms with Gasteiger partial charge in [-0.3, -0.25) is 4.79 Å². The van der Waals surface area contributed by atoms with Crippen molar-refractivity contribution in [1.82, 2.24) is 9.97 Å². The highest BCUT2D eigenvalue weighted by Gasteiger charge is 2.24. The number of hydrogen-bond donors (Lipinski definition) is 1. The van der Waals surface area contributed by atoms with Gasteiger partial charge in [-0.15, -0.1) is 0 Å². The maximum Gasteiger partial charge on any atom is 0.349 e. The molecule has 0 bridgehead atoms. The van der Waals surface area contributed by atoms with Crippen LogP contribution in [0.4, 0.5) is 17.3 Å². The standard InChI is InChI=1S/C26H24N4O5/c1-16(31)23-24(30-11-13-34-14-12-30)20-8-5-18(15-22(20)35-25(23)32)28-26-27-10-9-21(29-26)17-3-6-19(33-2)7-4-17/h3-10,15H,11-14H2,1-2H3,(H,27,28,29). The lowest BCUT2D eigenvalue weighted by Crippen LogP contribution is -2.38. The molecule has 2 aromatic carbocycles. The Balaban J connectivity index is 1.50. The molecule has 1 saturated heterocycles. The quantitative estimate of drug-likeness (QED) is 0.329. The minimum Gasteiger partial charge on any atom is -0.497 e. The van der Waals surface area contributed by atoms with Gasteiger partial charge in [0.25, 0.3) is 0 Å². The molecule has 1 fully saturated rings. The van der Waals surface area contributed by atoms with Crippen molar-refractivity contribution in [2.45, 2.75) is 6.92 Å². The summed E-state index contributed by atoms with van der Waals surface area (Å²) < 4.78 is 16.2. The largest absolute Gasteiger partial charge is 0.497 e. The number of ether oxygens (including phenoxy) is 2. The first-order valence-corrected chi connectivity index (χ1v) is 11.2. The van der Waals surface area contributed by atoms with Crippen LogP contribution >= 0.6 is 0 Å². The van der Waals surface area contributed by atoms with E-state index in [9.17, 15) is 9.59 Å². The number of carbonyl (C=O) groups is 1. The number of nitrogens with one attached hydrogen (secondary N) is 1. The number of anilines is 3. The van der Waals surface area contributed by atoms with E-state index >= 15 is 0 Å². The predicted octanol–water partition coefficient (Wildman–Crippen LogP) is 4.04. The van der Waals surface area contributed by atoms with Crippen LogP contribution in [-0.2, 0) is 4.74 Å². The molecular weight excluding hydrogens is 448 g/mol. The van der Waals surface area contributed by atoms with Crippen LogP contribution in [0.25, 0.3) is 22.2 Å². The molecule has 35 heavy (non-hydrogen) atoms. The summed E-state index contributed by atoms with van der Waals surface area (Å²) in [4.78, 5) is 36.0. The van der Waals surface area contributed by atoms with Crippen molar-refractivity contribution >= 4 is 34.1 Å². The number of benzene rings is 2. The van der Waals surface area contributed by atoms with E-state index in [1.807, 2.05) is 47.4 Å². The van der Waals surface area contributed by atoms with Gasteiger partial charge < -0.3 is 24.1 Å². The number of nitrogens with zero attached hydrogens (tertiary/aromatic N) is 3. The van der Waals surface area contributed by atoms with E-state index in [2.05, 4.69) is 15.3 Å². The molecule has 5 rings (SSSR count). The Hall–Kier alpha value is -4.24. The maximum absolute atomic E-state index is 12.8. The molecule has 9 nitrogen and oxygen atoms in total. The van der Waals surface area contributed by atoms with E-state index in [1.165, 1.54) is 6.92 Å². The average molecular weight is 473 g/mol. The van der Waals surface area contributed by atoms with Crippen molar-refractivity contribution < 1.29 is 18.7 Å². The van der Waals surface area contributed by atoms with Crippen LogP contribution in [0.15, 0.2) is 63.9 Å². The highest BCUT2D eigenvalue weighted by Crippen LogP contribution is 2.32. The van der Waals surface area contributed by atoms with E-state index < -0.39 is 5.63 Å². The SMILES string of the molecule is COc1ccc(-c2ccnc(Nc3ccc4c(N5CCOCC5)c(C(C)=O)c(=O)oc4c3)n2)cc1. The number of methoxy groups -OCH3 is 1. The molecule has 0 unspecified atom stereocenters. The van der Waals surface area contributed by atoms with Gasteiger partial charge in [-0.05, 0) is 49.4 Å². The summed E-state index contributed by atoms with van der Waals surface area (Å²) in [6.45, 7) is 3.61. The Kier molecular flexibility index (Phi) is 6.15. The Labute approximate surface area is 201 Å². The van der Waals surface area contributed by atoms with Gasteiger partial charge in [0.05, 0.1) is 31.7 Å². The fourth-order valence-corrected chi connectivity index (χ4v) is 4.16. The van der Waals surface area contributed by atoms with Crippen molar-refractivity contribution in [1.29, 1.82) is 0 Å². The molecule has 9 heteroatoms. The molecule has 0 spiro atoms. The minimum absolute atomic E-state index is 0.0654. The van der Waals surface area contributed by atoms with Crippen molar-refractivity contribution in [3.63, 3.8) is 0 Å². The molecule has 0 aliphatic carbocycles. The fourth-order valence-electron chi connectivity index (χ4n) is 4.16. The number of carbonyl (C=O) groups excluding carboxylic acids is 1. The van der Waals surface area contributed by atoms with Crippen LogP contribution in [0.2, 0.25) is 0 Å². The number of ketones is 1. The Morgan fingerprint density at radius 2 is 1.86 bits per heavy atom. The van der Waals surface area contributed by atoms with Crippen LogP contribution in [0.5, 0.6) is 5.75 Å². The molecule has 1 aliphatic rings. The summed E-state index contributed by atoms with van der Waals surface area (Å²) >= 11 is 0. The van der Waals surface area contributed by atoms with Crippen molar-refractivity contribution in [2.24, 2.45) is 0 Å². The summed E-state index contributed by atoms with van der Waals surface area (Å²) in [6, 6.07) is 14.8. The summed E-state index contributed by atoms with van der Waals surface area (Å²) in [6.07, 6.45) is 1.67. The summed E-state index contributed by atoms with van der Waals surface area (Å²) in [7, 11) is 1.62. The average Bonchev–Trinajstić information content (AvgIpc) is 2.88. The van der Waals surface area contributed by atoms with Crippen LogP contribution in [0.1, 0.15) is 17.3 Å². The zero-order chi connectivity index (χ0) is 24.4. The molecule has 1 N–H and O–H groups in total. The van der Waals surface area contributed by atoms with Gasteiger partial charge >= 0.3 is 5.63 Å². The van der Waals surface area contributed by atoms with Crippen LogP contribution in [0.3, 0.4) is 0 Å². The van der Waals surface area contributed by atoms with Gasteiger partial charge in [-0.2, -0.15) is 0 Å². The van der Waals surface area contributed by atoms with E-state index in [0.29, 0.717) is 54.6 Å². The molecule has 1 aliphatic heterocycles. The second kappa shape index (κ2) is 9.55. The first-order chi connectivity index (χ1) is 17.0. The topological polar surface area (TPSA) is 107 Å². The highest BCUT2D eigenvalue weighted by molar-refractivity contribution is 6.07. The molecular formula is C26H24N4O5. The lowest BCUT2D eigenvalue weighted by molar-refractivity contribution is 0.101. The van der Waals surface area contributed by atoms with Gasteiger partial charge in [-0.1, -0.05) is 0 Å². The highest BCUT2D eigenvalue weighted by atomic mass is 16.5. The Bertz CT molecular complexity index is 1440. The lowest BCUT2D eigenvalue weighted by Gasteiger charge is -2.30. The zero-order valence-electron chi connectivity index (χ0n) is 19.4. The monoisotopic (exact) mass is 472 g/mol. The normalized spacial score (nSPS) is 13.6. The summed E-state index contributed by atoms with van der Waals surface area (Å²) in [5, 5.41) is 3.87. The first-order valence-electron chi connectivity index (χ1n) is 11.2. The molecule has 0 saturated carbocycles. The number of morpholine rings is 1. The number of Topliss-reactive ketones (excluding diaryl/α,β-unsaturated/α-hetero) is 1. The summed E-state index contributed by atoms with van der Waals surface area (Å²) in [5.74, 6) is 0.838. The van der Waals surface area contributed by atoms with Gasteiger partial charge in [0.2, 0.25) is 5.95 Å². The third-order valence-electron chi connectivity index (χ3n) is 5.86. The summed E-state index contributed by atoms with van der Waals surface area (Å²) in [5.41, 5.74) is 2.70. The van der Waals surface area contributed by atoms with E-state index in [4.69, 9.17) is 13.9 Å². The number of fused-ring (bicyclic) bond motifs is 1. The van der Waals surface area contributed by atoms with E-state index in [0.717, 1.165) is 17.0 Å². The van der Waals surface area contributed by atoms with Crippen LogP contribution < -0.4 is 20.6 Å². The zero-order valence-corrected chi connectivity index (χ0v) is 19.4. The molecule has 4 aromatic rings. The van der Waals surface area contributed by atoms with Gasteiger partial charge in [0.15, 0.2) is 5.78 Å². The predicted molar refractivity (Wildman–Crippen MR) is 133 cm³/mol. The second-order valence-corrected chi connectivity index (χ2v) is 8.10. The molecule has 0 atom stereocenters. The molecule has 178 valence electrons. The van der Waals surface area contributed by atoms with Crippen LogP contribution in [-0.4, -0.2) is 49.2 Å². The van der Waals surface area contributed by atoms with Gasteiger partial charge in [0.1, 0.15) is 16.9 Å². The second-order valence-electron chi connectivity index (χ2n) is 8.10. The van der Waals surface area contributed by atoms with Gasteiger partial charge in [-0.25, -0.2) is 14.8 Å². The van der Waals surface area contributed by atoms with E-state index in [1.54, 1.807) is 19.4 Å². The smallest absolute Gasteiger partial charge is 0.349 e. The third kappa shape index (κ3) is 4.58. The van der Waals surface area contributed by atoms with Crippen molar-refractivity contribution in [3.05, 3.63) is 70.7 Å². The fraction of sp³-hybridized carbons (Fsp3) is 0.231. The number of hydrogen-bond acceptors (Lipinski definition) is 9. The lowest BCUT2D eigenvalue weighted by atomic mass is 10.1.